The fraction of sp³-hybridized carbons (Fsp3) is 0. The summed E-state index contributed by atoms with van der Waals surface area (Å²) in [7, 11) is 0. The average Bonchev–Trinajstić information content (AvgIpc) is 3.14. The molecule has 0 saturated heterocycles. The molecule has 0 unspecified atom stereocenters. The summed E-state index contributed by atoms with van der Waals surface area (Å²) >= 11 is 2.29. The van der Waals surface area contributed by atoms with E-state index >= 15 is 0 Å². The minimum Gasteiger partial charge on any atom is -0.214 e. The largest absolute Gasteiger partial charge is 2.00 e. The van der Waals surface area contributed by atoms with Crippen LogP contribution in [0, 0.1) is 15.4 Å². The van der Waals surface area contributed by atoms with Crippen LogP contribution in [-0.2, 0) is 17.1 Å². The fourth-order valence-corrected chi connectivity index (χ4v) is 1.82. The first-order chi connectivity index (χ1) is 9.34. The smallest absolute Gasteiger partial charge is 0.214 e. The summed E-state index contributed by atoms with van der Waals surface area (Å²) in [5.74, 6) is 6.23. The van der Waals surface area contributed by atoms with E-state index in [0.29, 0.717) is 0 Å². The van der Waals surface area contributed by atoms with Gasteiger partial charge in [0.15, 0.2) is 0 Å². The third-order valence-corrected chi connectivity index (χ3v) is 3.13. The molecule has 2 heteroatoms. The monoisotopic (exact) mass is 412 g/mol. The molecule has 0 fully saturated rings. The van der Waals surface area contributed by atoms with Crippen molar-refractivity contribution in [3.05, 3.63) is 93.6 Å². The Kier molecular flexibility index (Phi) is 8.06. The van der Waals surface area contributed by atoms with Gasteiger partial charge in [-0.15, -0.1) is 17.6 Å². The van der Waals surface area contributed by atoms with Gasteiger partial charge in [-0.25, -0.2) is 12.1 Å². The molecule has 3 aromatic rings. The van der Waals surface area contributed by atoms with Crippen LogP contribution in [0.2, 0.25) is 0 Å². The van der Waals surface area contributed by atoms with E-state index in [1.54, 1.807) is 0 Å². The van der Waals surface area contributed by atoms with Gasteiger partial charge >= 0.3 is 17.1 Å². The molecule has 3 rings (SSSR count). The van der Waals surface area contributed by atoms with E-state index in [1.165, 1.54) is 3.57 Å². The summed E-state index contributed by atoms with van der Waals surface area (Å²) in [4.78, 5) is 0. The van der Waals surface area contributed by atoms with E-state index in [2.05, 4.69) is 46.6 Å². The topological polar surface area (TPSA) is 0 Å². The van der Waals surface area contributed by atoms with Gasteiger partial charge in [0.1, 0.15) is 0 Å². The molecule has 100 valence electrons. The average molecular weight is 412 g/mol. The van der Waals surface area contributed by atoms with Gasteiger partial charge in [0, 0.05) is 9.13 Å². The number of rotatable bonds is 0. The zero-order valence-electron chi connectivity index (χ0n) is 10.7. The van der Waals surface area contributed by atoms with Gasteiger partial charge < -0.3 is 0 Å². The molecule has 0 atom stereocenters. The second-order valence-electron chi connectivity index (χ2n) is 3.89. The van der Waals surface area contributed by atoms with Gasteiger partial charge in [0.25, 0.3) is 0 Å². The van der Waals surface area contributed by atoms with Gasteiger partial charge in [0.05, 0.1) is 0 Å². The van der Waals surface area contributed by atoms with E-state index in [0.717, 1.165) is 11.1 Å². The summed E-state index contributed by atoms with van der Waals surface area (Å²) in [6.45, 7) is 0. The van der Waals surface area contributed by atoms with Crippen molar-refractivity contribution in [1.82, 2.24) is 0 Å². The van der Waals surface area contributed by atoms with Gasteiger partial charge in [0.2, 0.25) is 0 Å². The first-order valence-corrected chi connectivity index (χ1v) is 7.08. The molecular weight excluding hydrogens is 399 g/mol. The van der Waals surface area contributed by atoms with Crippen molar-refractivity contribution >= 4 is 22.6 Å². The maximum Gasteiger partial charge on any atom is 2.00 e. The first kappa shape index (κ1) is 16.8. The number of hydrogen-bond acceptors (Lipinski definition) is 0. The van der Waals surface area contributed by atoms with E-state index in [-0.39, 0.29) is 17.1 Å². The second-order valence-corrected chi connectivity index (χ2v) is 5.14. The van der Waals surface area contributed by atoms with Crippen molar-refractivity contribution in [2.24, 2.45) is 0 Å². The van der Waals surface area contributed by atoms with Crippen molar-refractivity contribution in [1.29, 1.82) is 0 Å². The molecule has 20 heavy (non-hydrogen) atoms. The van der Waals surface area contributed by atoms with Gasteiger partial charge in [-0.05, 0) is 46.9 Å². The van der Waals surface area contributed by atoms with Crippen molar-refractivity contribution < 1.29 is 17.1 Å². The van der Waals surface area contributed by atoms with E-state index in [4.69, 9.17) is 0 Å². The van der Waals surface area contributed by atoms with Crippen molar-refractivity contribution in [3.8, 4) is 11.8 Å². The molecule has 0 aliphatic heterocycles. The zero-order chi connectivity index (χ0) is 13.3. The molecular formula is C18H13FeI. The Morgan fingerprint density at radius 1 is 0.800 bits per heavy atom. The van der Waals surface area contributed by atoms with Crippen LogP contribution in [0.4, 0.5) is 0 Å². The van der Waals surface area contributed by atoms with E-state index < -0.39 is 0 Å². The summed E-state index contributed by atoms with van der Waals surface area (Å²) < 4.78 is 1.24. The van der Waals surface area contributed by atoms with Gasteiger partial charge in [-0.3, -0.25) is 0 Å². The molecule has 0 nitrogen and oxygen atoms in total. The fourth-order valence-electron chi connectivity index (χ4n) is 1.46. The Morgan fingerprint density at radius 2 is 1.50 bits per heavy atom. The Labute approximate surface area is 144 Å². The van der Waals surface area contributed by atoms with Gasteiger partial charge in [-0.1, -0.05) is 0 Å². The minimum atomic E-state index is 0. The third kappa shape index (κ3) is 6.25. The number of benzene rings is 1. The van der Waals surface area contributed by atoms with Crippen LogP contribution >= 0.6 is 22.6 Å². The van der Waals surface area contributed by atoms with Crippen LogP contribution < -0.4 is 0 Å². The predicted octanol–water partition coefficient (Wildman–Crippen LogP) is 4.81. The Bertz CT molecular complexity index is 606. The molecule has 0 aromatic heterocycles. The molecule has 0 amide bonds. The maximum atomic E-state index is 3.12. The Morgan fingerprint density at radius 3 is 2.00 bits per heavy atom. The van der Waals surface area contributed by atoms with Crippen molar-refractivity contribution in [2.75, 3.05) is 0 Å². The van der Waals surface area contributed by atoms with Crippen LogP contribution in [0.15, 0.2) is 78.9 Å². The van der Waals surface area contributed by atoms with Crippen LogP contribution in [-0.4, -0.2) is 0 Å². The minimum absolute atomic E-state index is 0. The van der Waals surface area contributed by atoms with Crippen LogP contribution in [0.25, 0.3) is 0 Å². The quantitative estimate of drug-likeness (QED) is 0.215. The predicted molar refractivity (Wildman–Crippen MR) is 89.2 cm³/mol. The number of hydrogen-bond donors (Lipinski definition) is 0. The molecule has 0 saturated carbocycles. The molecule has 0 aliphatic carbocycles. The van der Waals surface area contributed by atoms with Crippen LogP contribution in [0.3, 0.4) is 0 Å². The first-order valence-electron chi connectivity index (χ1n) is 6.00. The van der Waals surface area contributed by atoms with Crippen LogP contribution in [0.1, 0.15) is 11.1 Å². The number of halogens is 1. The van der Waals surface area contributed by atoms with E-state index in [1.807, 2.05) is 66.7 Å². The van der Waals surface area contributed by atoms with E-state index in [9.17, 15) is 0 Å². The molecule has 0 radical (unpaired) electrons. The summed E-state index contributed by atoms with van der Waals surface area (Å²) in [6, 6.07) is 26.2. The molecule has 0 spiro atoms. The maximum absolute atomic E-state index is 3.12. The Balaban J connectivity index is 0.000000283. The van der Waals surface area contributed by atoms with Crippen LogP contribution in [0.5, 0.6) is 0 Å². The summed E-state index contributed by atoms with van der Waals surface area (Å²) in [5.41, 5.74) is 2.13. The summed E-state index contributed by atoms with van der Waals surface area (Å²) in [6.07, 6.45) is 0. The summed E-state index contributed by atoms with van der Waals surface area (Å²) in [5, 5.41) is 0. The molecule has 3 aromatic carbocycles. The third-order valence-electron chi connectivity index (χ3n) is 2.41. The Hall–Kier alpha value is -1.27. The molecule has 0 bridgehead atoms. The van der Waals surface area contributed by atoms with Gasteiger partial charge in [-0.2, -0.15) is 42.3 Å². The standard InChI is InChI=1S/C13H8I.C5H5.Fe/c14-13-9-7-12(8-10-13)6-5-11-3-1-2-4-11;1-2-4-5-3-1;/h1-4,7-10H;1-5H;/q2*-1;+2. The van der Waals surface area contributed by atoms with Crippen molar-refractivity contribution in [2.45, 2.75) is 0 Å². The molecule has 0 N–H and O–H groups in total. The zero-order valence-corrected chi connectivity index (χ0v) is 14.0. The normalized spacial score (nSPS) is 8.45. The molecule has 0 heterocycles. The SMILES string of the molecule is Ic1ccc(C#Cc2ccc[cH-]2)cc1.[Fe+2].c1cc[cH-]c1. The second kappa shape index (κ2) is 9.60. The van der Waals surface area contributed by atoms with Crippen molar-refractivity contribution in [3.63, 3.8) is 0 Å². The molecule has 0 aliphatic rings.